The molecular formula is C72H60N4O. The predicted octanol–water partition coefficient (Wildman–Crippen LogP) is 18.3. The van der Waals surface area contributed by atoms with Gasteiger partial charge in [-0.05, 0) is 156 Å². The Labute approximate surface area is 478 Å². The summed E-state index contributed by atoms with van der Waals surface area (Å²) in [6.07, 6.45) is -3.60. The van der Waals surface area contributed by atoms with Crippen molar-refractivity contribution in [3.05, 3.63) is 235 Å². The maximum absolute atomic E-state index is 10.4. The fourth-order valence-corrected chi connectivity index (χ4v) is 11.2. The molecule has 0 spiro atoms. The smallest absolute Gasteiger partial charge is 0.269 e. The standard InChI is InChI=1S/C72H60N4O/c1-70(2,3)49-36-39-73-67(42-49)76-64-35-31-47(46-18-9-8-10-19-46)40-61(64)58-33-32-52(44-66(58)76)77-51-21-15-20-50(43-51)74-45-75-68-53(48-30-34-62-63(41-48)72(6,7)38-37-71(62,4)5)26-16-27-59(68)56-24-13-11-22-54(56)55-23-12-14-25-57(55)60-28-17-29-65(74)69(60)75/h8-36,39-44H,37-38H2,1-7H3/i4D3,5D3,6D3,7D3,30D,34D,37D2,38D2,41D. The highest BCUT2D eigenvalue weighted by Crippen LogP contribution is 2.49. The zero-order valence-electron chi connectivity index (χ0n) is 61.2. The molecule has 2 aliphatic rings. The Kier molecular flexibility index (Phi) is 6.92. The molecule has 0 atom stereocenters. The first-order valence-corrected chi connectivity index (χ1v) is 25.5. The van der Waals surface area contributed by atoms with Crippen molar-refractivity contribution < 1.29 is 35.3 Å². The number of hydrogen-bond acceptors (Lipinski definition) is 2. The lowest BCUT2D eigenvalue weighted by Crippen LogP contribution is -2.34. The van der Waals surface area contributed by atoms with Crippen LogP contribution in [0.4, 0.5) is 0 Å². The highest BCUT2D eigenvalue weighted by atomic mass is 16.5. The molecule has 5 heteroatoms. The first-order valence-electron chi connectivity index (χ1n) is 35.0. The van der Waals surface area contributed by atoms with Gasteiger partial charge in [0.1, 0.15) is 17.3 Å². The van der Waals surface area contributed by atoms with Gasteiger partial charge in [0.15, 0.2) is 0 Å². The van der Waals surface area contributed by atoms with Gasteiger partial charge in [-0.15, -0.1) is 0 Å². The van der Waals surface area contributed by atoms with Gasteiger partial charge < -0.3 is 4.74 Å². The van der Waals surface area contributed by atoms with Crippen molar-refractivity contribution in [3.63, 3.8) is 0 Å². The van der Waals surface area contributed by atoms with Crippen LogP contribution >= 0.6 is 0 Å². The maximum atomic E-state index is 10.4. The average molecular weight is 1020 g/mol. The molecule has 3 aromatic heterocycles. The number of imidazole rings is 1. The van der Waals surface area contributed by atoms with Crippen LogP contribution in [0.2, 0.25) is 0 Å². The molecule has 374 valence electrons. The van der Waals surface area contributed by atoms with E-state index in [1.54, 1.807) is 27.3 Å². The number of ether oxygens (including phenoxy) is 1. The zero-order valence-corrected chi connectivity index (χ0v) is 42.2. The summed E-state index contributed by atoms with van der Waals surface area (Å²) in [6.45, 7) is -10.4. The summed E-state index contributed by atoms with van der Waals surface area (Å²) < 4.78 is 188. The van der Waals surface area contributed by atoms with Crippen LogP contribution in [0, 0.1) is 6.33 Å². The van der Waals surface area contributed by atoms with Crippen molar-refractivity contribution in [3.8, 4) is 84.3 Å². The number of para-hydroxylation sites is 2. The van der Waals surface area contributed by atoms with E-state index in [0.29, 0.717) is 50.5 Å². The van der Waals surface area contributed by atoms with E-state index in [2.05, 4.69) is 68.1 Å². The van der Waals surface area contributed by atoms with E-state index < -0.39 is 85.8 Å². The molecule has 0 unspecified atom stereocenters. The molecule has 0 saturated heterocycles. The third kappa shape index (κ3) is 7.65. The highest BCUT2D eigenvalue weighted by Gasteiger charge is 2.37. The number of fused-ring (bicyclic) bond motifs is 11. The molecule has 0 fully saturated rings. The van der Waals surface area contributed by atoms with E-state index in [9.17, 15) is 9.60 Å². The van der Waals surface area contributed by atoms with E-state index in [-0.39, 0.29) is 16.7 Å². The average Bonchev–Trinajstić information content (AvgIpc) is 0.706. The van der Waals surface area contributed by atoms with Gasteiger partial charge in [-0.25, -0.2) is 4.98 Å². The molecule has 4 heterocycles. The Morgan fingerprint density at radius 2 is 1.22 bits per heavy atom. The number of rotatable bonds is 6. The summed E-state index contributed by atoms with van der Waals surface area (Å²) in [4.78, 5) is 4.92. The SMILES string of the molecule is [2H]c1c([2H])c2c(c([2H])c1-c1cccc3c1-[n+]1[c-]n(-c4cccc(Oc5ccc6c7cc(-c8ccccc8)ccc7n(-c7cc(C(C)(C)C)ccn7)c6c5)c4)c4cccc(c41)-c1ccccc1-c1ccccc1-3)C(C([2H])([2H])[2H])(C([2H])([2H])[2H])C([2H])([2H])C([2H])([2H])C2(C([2H])([2H])[2H])C([2H])([2H])[2H]. The largest absolute Gasteiger partial charge is 0.458 e. The normalized spacial score (nSPS) is 19.9. The van der Waals surface area contributed by atoms with Crippen molar-refractivity contribution in [2.45, 2.75) is 77.2 Å². The molecule has 14 rings (SSSR count). The van der Waals surface area contributed by atoms with Crippen LogP contribution in [0.5, 0.6) is 11.5 Å². The van der Waals surface area contributed by atoms with Crippen LogP contribution < -0.4 is 9.30 Å². The maximum Gasteiger partial charge on any atom is 0.269 e. The lowest BCUT2D eigenvalue weighted by Gasteiger charge is -2.42. The minimum atomic E-state index is -4.51. The van der Waals surface area contributed by atoms with Crippen molar-refractivity contribution >= 4 is 32.8 Å². The van der Waals surface area contributed by atoms with Crippen LogP contribution in [0.15, 0.2) is 212 Å². The van der Waals surface area contributed by atoms with Gasteiger partial charge in [0.25, 0.3) is 6.33 Å². The summed E-state index contributed by atoms with van der Waals surface area (Å²) in [5.41, 5.74) is -2.17. The van der Waals surface area contributed by atoms with Gasteiger partial charge in [0.2, 0.25) is 0 Å². The Bertz CT molecular complexity index is 5180. The van der Waals surface area contributed by atoms with Crippen LogP contribution in [0.25, 0.3) is 106 Å². The first-order chi connectivity index (χ1) is 45.1. The van der Waals surface area contributed by atoms with E-state index in [0.717, 1.165) is 55.4 Å². The minimum Gasteiger partial charge on any atom is -0.458 e. The van der Waals surface area contributed by atoms with Crippen molar-refractivity contribution in [1.29, 1.82) is 0 Å². The summed E-state index contributed by atoms with van der Waals surface area (Å²) in [6, 6.07) is 55.7. The molecule has 0 amide bonds. The molecule has 9 aromatic carbocycles. The van der Waals surface area contributed by atoms with Crippen LogP contribution in [0.3, 0.4) is 0 Å². The van der Waals surface area contributed by atoms with Crippen molar-refractivity contribution in [1.82, 2.24) is 14.1 Å². The van der Waals surface area contributed by atoms with E-state index in [1.165, 1.54) is 6.07 Å². The van der Waals surface area contributed by atoms with E-state index >= 15 is 0 Å². The van der Waals surface area contributed by atoms with Crippen molar-refractivity contribution in [2.24, 2.45) is 0 Å². The monoisotopic (exact) mass is 1020 g/mol. The molecule has 77 heavy (non-hydrogen) atoms. The lowest BCUT2D eigenvalue weighted by atomic mass is 9.63. The Balaban J connectivity index is 1.02. The van der Waals surface area contributed by atoms with Crippen LogP contribution in [-0.2, 0) is 16.2 Å². The van der Waals surface area contributed by atoms with Gasteiger partial charge >= 0.3 is 0 Å². The fraction of sp³-hybridized carbons (Fsp3) is 0.167. The highest BCUT2D eigenvalue weighted by molar-refractivity contribution is 6.11. The summed E-state index contributed by atoms with van der Waals surface area (Å²) in [7, 11) is 0. The second-order valence-electron chi connectivity index (χ2n) is 20.9. The Hall–Kier alpha value is -8.80. The molecule has 5 nitrogen and oxygen atoms in total. The minimum absolute atomic E-state index is 0.116. The third-order valence-corrected chi connectivity index (χ3v) is 14.9. The van der Waals surface area contributed by atoms with Gasteiger partial charge in [-0.2, -0.15) is 0 Å². The molecule has 0 bridgehead atoms. The van der Waals surface area contributed by atoms with Gasteiger partial charge in [-0.1, -0.05) is 194 Å². The molecule has 1 aliphatic carbocycles. The van der Waals surface area contributed by atoms with Crippen LogP contribution in [0.1, 0.15) is 104 Å². The van der Waals surface area contributed by atoms with Crippen LogP contribution in [-0.4, -0.2) is 14.1 Å². The quantitative estimate of drug-likeness (QED) is 0.123. The molecule has 0 saturated carbocycles. The number of pyridine rings is 1. The summed E-state index contributed by atoms with van der Waals surface area (Å²) >= 11 is 0. The predicted molar refractivity (Wildman–Crippen MR) is 317 cm³/mol. The summed E-state index contributed by atoms with van der Waals surface area (Å²) in [5, 5.41) is 1.99. The number of hydrogen-bond donors (Lipinski definition) is 0. The van der Waals surface area contributed by atoms with E-state index in [4.69, 9.17) is 26.2 Å². The zero-order chi connectivity index (χ0) is 68.6. The Morgan fingerprint density at radius 3 is 1.99 bits per heavy atom. The molecular weight excluding hydrogens is 937 g/mol. The van der Waals surface area contributed by atoms with Gasteiger partial charge in [0.05, 0.1) is 37.6 Å². The van der Waals surface area contributed by atoms with Gasteiger partial charge in [-0.3, -0.25) is 13.7 Å². The first kappa shape index (κ1) is 30.7. The molecule has 12 aromatic rings. The van der Waals surface area contributed by atoms with Gasteiger partial charge in [0, 0.05) is 45.0 Å². The molecule has 1 aliphatic heterocycles. The van der Waals surface area contributed by atoms with E-state index in [1.807, 2.05) is 134 Å². The summed E-state index contributed by atoms with van der Waals surface area (Å²) in [5.74, 6) is 1.65. The second-order valence-corrected chi connectivity index (χ2v) is 20.9. The number of nitrogens with zero attached hydrogens (tertiary/aromatic N) is 4. The van der Waals surface area contributed by atoms with Crippen molar-refractivity contribution in [2.75, 3.05) is 0 Å². The molecule has 0 N–H and O–H groups in total. The third-order valence-electron chi connectivity index (χ3n) is 14.9. The molecule has 0 radical (unpaired) electrons. The second kappa shape index (κ2) is 17.4. The Morgan fingerprint density at radius 1 is 0.558 bits per heavy atom. The number of benzene rings is 9. The fourth-order valence-electron chi connectivity index (χ4n) is 11.2. The lowest BCUT2D eigenvalue weighted by molar-refractivity contribution is -0.570. The number of aromatic nitrogens is 4. The topological polar surface area (TPSA) is 35.9 Å².